The second-order valence-corrected chi connectivity index (χ2v) is 4.54. The largest absolute Gasteiger partial charge is 0.373 e. The number of carbonyl (C=O) groups is 1. The van der Waals surface area contributed by atoms with Crippen molar-refractivity contribution in [1.82, 2.24) is 9.88 Å². The van der Waals surface area contributed by atoms with Crippen molar-refractivity contribution in [3.63, 3.8) is 0 Å². The van der Waals surface area contributed by atoms with Crippen LogP contribution in [0.4, 0.5) is 5.82 Å². The first-order valence-electron chi connectivity index (χ1n) is 6.11. The summed E-state index contributed by atoms with van der Waals surface area (Å²) in [6.07, 6.45) is 6.17. The summed E-state index contributed by atoms with van der Waals surface area (Å²) in [5.74, 6) is 0.905. The van der Waals surface area contributed by atoms with Gasteiger partial charge in [0.15, 0.2) is 0 Å². The first kappa shape index (κ1) is 11.9. The van der Waals surface area contributed by atoms with Gasteiger partial charge in [0.2, 0.25) is 6.41 Å². The predicted octanol–water partition coefficient (Wildman–Crippen LogP) is 2.12. The molecule has 1 fully saturated rings. The molecule has 1 aromatic heterocycles. The zero-order chi connectivity index (χ0) is 12.3. The summed E-state index contributed by atoms with van der Waals surface area (Å²) in [6.45, 7) is 2.90. The number of pyridine rings is 1. The summed E-state index contributed by atoms with van der Waals surface area (Å²) < 4.78 is 0. The highest BCUT2D eigenvalue weighted by Crippen LogP contribution is 2.30. The molecule has 2 rings (SSSR count). The fourth-order valence-corrected chi connectivity index (χ4v) is 2.48. The average Bonchev–Trinajstić information content (AvgIpc) is 2.38. The second kappa shape index (κ2) is 5.17. The Labute approximate surface area is 102 Å². The molecule has 1 aliphatic rings. The van der Waals surface area contributed by atoms with E-state index in [-0.39, 0.29) is 6.04 Å². The van der Waals surface area contributed by atoms with Gasteiger partial charge in [-0.25, -0.2) is 4.98 Å². The van der Waals surface area contributed by atoms with Gasteiger partial charge < -0.3 is 10.2 Å². The van der Waals surface area contributed by atoms with Gasteiger partial charge in [-0.3, -0.25) is 4.79 Å². The molecular formula is C13H19N3O. The Morgan fingerprint density at radius 1 is 1.53 bits per heavy atom. The third kappa shape index (κ3) is 2.40. The number of carbonyl (C=O) groups excluding carboxylic acids is 1. The summed E-state index contributed by atoms with van der Waals surface area (Å²) in [4.78, 5) is 17.3. The Kier molecular flexibility index (Phi) is 3.61. The van der Waals surface area contributed by atoms with Gasteiger partial charge in [0.25, 0.3) is 0 Å². The molecule has 0 unspecified atom stereocenters. The summed E-state index contributed by atoms with van der Waals surface area (Å²) in [6, 6.07) is 2.34. The van der Waals surface area contributed by atoms with Crippen LogP contribution in [0.25, 0.3) is 0 Å². The number of anilines is 1. The normalized spacial score (nSPS) is 20.1. The quantitative estimate of drug-likeness (QED) is 0.813. The number of piperidine rings is 1. The van der Waals surface area contributed by atoms with E-state index in [9.17, 15) is 4.79 Å². The molecule has 0 aromatic carbocycles. The Morgan fingerprint density at radius 2 is 2.35 bits per heavy atom. The number of nitrogens with one attached hydrogen (secondary N) is 1. The highest BCUT2D eigenvalue weighted by Gasteiger charge is 2.23. The first-order valence-corrected chi connectivity index (χ1v) is 6.11. The third-order valence-corrected chi connectivity index (χ3v) is 3.40. The molecule has 0 aliphatic carbocycles. The van der Waals surface area contributed by atoms with Crippen molar-refractivity contribution < 1.29 is 4.79 Å². The monoisotopic (exact) mass is 233 g/mol. The lowest BCUT2D eigenvalue weighted by atomic mass is 9.96. The van der Waals surface area contributed by atoms with Gasteiger partial charge in [-0.15, -0.1) is 0 Å². The molecule has 2 heterocycles. The molecule has 0 spiro atoms. The molecule has 17 heavy (non-hydrogen) atoms. The van der Waals surface area contributed by atoms with E-state index in [0.29, 0.717) is 0 Å². The highest BCUT2D eigenvalue weighted by molar-refractivity contribution is 5.50. The van der Waals surface area contributed by atoms with E-state index >= 15 is 0 Å². The van der Waals surface area contributed by atoms with Gasteiger partial charge in [0, 0.05) is 19.8 Å². The lowest BCUT2D eigenvalue weighted by Crippen LogP contribution is -2.32. The smallest absolute Gasteiger partial charge is 0.210 e. The van der Waals surface area contributed by atoms with E-state index in [1.54, 1.807) is 0 Å². The minimum atomic E-state index is 0.207. The fourth-order valence-electron chi connectivity index (χ4n) is 2.48. The Morgan fingerprint density at radius 3 is 3.00 bits per heavy atom. The standard InChI is InChI=1S/C13H19N3O/c1-10-7-11(8-15-13(10)14-2)12-5-3-4-6-16(12)9-17/h7-9,12H,3-6H2,1-2H3,(H,14,15)/t12-/m0/s1. The number of hydrogen-bond acceptors (Lipinski definition) is 3. The second-order valence-electron chi connectivity index (χ2n) is 4.54. The lowest BCUT2D eigenvalue weighted by molar-refractivity contribution is -0.121. The molecule has 1 N–H and O–H groups in total. The lowest BCUT2D eigenvalue weighted by Gasteiger charge is -2.33. The maximum absolute atomic E-state index is 11.0. The molecule has 1 aliphatic heterocycles. The van der Waals surface area contributed by atoms with Crippen LogP contribution in [0, 0.1) is 6.92 Å². The maximum Gasteiger partial charge on any atom is 0.210 e. The highest BCUT2D eigenvalue weighted by atomic mass is 16.1. The number of aryl methyl sites for hydroxylation is 1. The van der Waals surface area contributed by atoms with E-state index in [1.165, 1.54) is 6.42 Å². The van der Waals surface area contributed by atoms with Crippen molar-refractivity contribution in [3.8, 4) is 0 Å². The van der Waals surface area contributed by atoms with Gasteiger partial charge >= 0.3 is 0 Å². The van der Waals surface area contributed by atoms with Gasteiger partial charge in [-0.05, 0) is 43.4 Å². The van der Waals surface area contributed by atoms with Crippen LogP contribution in [0.15, 0.2) is 12.3 Å². The summed E-state index contributed by atoms with van der Waals surface area (Å²) in [5, 5.41) is 3.06. The van der Waals surface area contributed by atoms with Gasteiger partial charge in [-0.2, -0.15) is 0 Å². The van der Waals surface area contributed by atoms with Gasteiger partial charge in [0.1, 0.15) is 5.82 Å². The van der Waals surface area contributed by atoms with Crippen LogP contribution in [0.5, 0.6) is 0 Å². The molecule has 1 aromatic rings. The van der Waals surface area contributed by atoms with Gasteiger partial charge in [0.05, 0.1) is 6.04 Å². The van der Waals surface area contributed by atoms with Crippen molar-refractivity contribution in [1.29, 1.82) is 0 Å². The fraction of sp³-hybridized carbons (Fsp3) is 0.538. The Bertz CT molecular complexity index is 406. The number of amides is 1. The van der Waals surface area contributed by atoms with E-state index in [0.717, 1.165) is 42.7 Å². The average molecular weight is 233 g/mol. The van der Waals surface area contributed by atoms with Crippen LogP contribution in [0.3, 0.4) is 0 Å². The molecule has 0 bridgehead atoms. The van der Waals surface area contributed by atoms with Gasteiger partial charge in [-0.1, -0.05) is 0 Å². The number of likely N-dealkylation sites (tertiary alicyclic amines) is 1. The van der Waals surface area contributed by atoms with E-state index < -0.39 is 0 Å². The molecule has 0 saturated carbocycles. The minimum Gasteiger partial charge on any atom is -0.373 e. The summed E-state index contributed by atoms with van der Waals surface area (Å²) in [7, 11) is 1.87. The van der Waals surface area contributed by atoms with Crippen molar-refractivity contribution in [2.45, 2.75) is 32.2 Å². The Balaban J connectivity index is 2.26. The molecule has 4 nitrogen and oxygen atoms in total. The summed E-state index contributed by atoms with van der Waals surface area (Å²) >= 11 is 0. The van der Waals surface area contributed by atoms with Crippen LogP contribution in [0.1, 0.15) is 36.4 Å². The zero-order valence-corrected chi connectivity index (χ0v) is 10.4. The topological polar surface area (TPSA) is 45.2 Å². The summed E-state index contributed by atoms with van der Waals surface area (Å²) in [5.41, 5.74) is 2.27. The first-order chi connectivity index (χ1) is 8.26. The van der Waals surface area contributed by atoms with Crippen molar-refractivity contribution in [3.05, 3.63) is 23.4 Å². The SMILES string of the molecule is CNc1ncc([C@@H]2CCCCN2C=O)cc1C. The molecule has 1 saturated heterocycles. The van der Waals surface area contributed by atoms with Crippen LogP contribution in [-0.2, 0) is 4.79 Å². The van der Waals surface area contributed by atoms with Crippen LogP contribution in [0.2, 0.25) is 0 Å². The third-order valence-electron chi connectivity index (χ3n) is 3.40. The Hall–Kier alpha value is -1.58. The molecule has 1 amide bonds. The van der Waals surface area contributed by atoms with Crippen molar-refractivity contribution in [2.75, 3.05) is 18.9 Å². The number of nitrogens with zero attached hydrogens (tertiary/aromatic N) is 2. The van der Waals surface area contributed by atoms with Crippen LogP contribution < -0.4 is 5.32 Å². The van der Waals surface area contributed by atoms with E-state index in [1.807, 2.05) is 25.1 Å². The van der Waals surface area contributed by atoms with E-state index in [4.69, 9.17) is 0 Å². The number of hydrogen-bond donors (Lipinski definition) is 1. The minimum absolute atomic E-state index is 0.207. The zero-order valence-electron chi connectivity index (χ0n) is 10.4. The van der Waals surface area contributed by atoms with E-state index in [2.05, 4.69) is 16.4 Å². The number of aromatic nitrogens is 1. The molecule has 92 valence electrons. The van der Waals surface area contributed by atoms with Crippen LogP contribution >= 0.6 is 0 Å². The molecule has 0 radical (unpaired) electrons. The molecule has 1 atom stereocenters. The van der Waals surface area contributed by atoms with Crippen molar-refractivity contribution in [2.24, 2.45) is 0 Å². The molecule has 4 heteroatoms. The number of rotatable bonds is 3. The molecular weight excluding hydrogens is 214 g/mol. The predicted molar refractivity (Wildman–Crippen MR) is 67.9 cm³/mol. The van der Waals surface area contributed by atoms with Crippen LogP contribution in [-0.4, -0.2) is 29.9 Å². The maximum atomic E-state index is 11.0. The van der Waals surface area contributed by atoms with Crippen molar-refractivity contribution >= 4 is 12.2 Å².